The minimum atomic E-state index is 0.00937. The molecule has 5 heteroatoms. The van der Waals surface area contributed by atoms with Gasteiger partial charge in [0.25, 0.3) is 0 Å². The van der Waals surface area contributed by atoms with Gasteiger partial charge in [-0.05, 0) is 19.8 Å². The van der Waals surface area contributed by atoms with Crippen molar-refractivity contribution in [2.45, 2.75) is 39.2 Å². The molecule has 0 saturated carbocycles. The van der Waals surface area contributed by atoms with Crippen molar-refractivity contribution in [1.82, 2.24) is 4.90 Å². The fourth-order valence-electron chi connectivity index (χ4n) is 2.90. The predicted molar refractivity (Wildman–Crippen MR) is 67.7 cm³/mol. The van der Waals surface area contributed by atoms with E-state index in [2.05, 4.69) is 12.1 Å². The van der Waals surface area contributed by atoms with Gasteiger partial charge < -0.3 is 14.8 Å². The average Bonchev–Trinajstić information content (AvgIpc) is 2.83. The maximum absolute atomic E-state index is 12.4. The maximum atomic E-state index is 12.4. The summed E-state index contributed by atoms with van der Waals surface area (Å²) in [7, 11) is 0. The van der Waals surface area contributed by atoms with Crippen LogP contribution in [0.1, 0.15) is 33.1 Å². The molecule has 0 bridgehead atoms. The molecule has 2 saturated heterocycles. The lowest BCUT2D eigenvalue weighted by Gasteiger charge is -2.34. The third kappa shape index (κ3) is 2.51. The number of ether oxygens (including phenoxy) is 1. The second kappa shape index (κ2) is 5.69. The highest BCUT2D eigenvalue weighted by atomic mass is 16.5. The first-order chi connectivity index (χ1) is 8.67. The van der Waals surface area contributed by atoms with Gasteiger partial charge in [-0.15, -0.1) is 0 Å². The number of carbonyl (C=O) groups excluding carboxylic acids is 1. The zero-order chi connectivity index (χ0) is 13.1. The van der Waals surface area contributed by atoms with E-state index in [4.69, 9.17) is 9.94 Å². The Morgan fingerprint density at radius 2 is 2.39 bits per heavy atom. The number of hydrogen-bond acceptors (Lipinski definition) is 4. The second-order valence-electron chi connectivity index (χ2n) is 5.20. The predicted octanol–water partition coefficient (Wildman–Crippen LogP) is 1.50. The topological polar surface area (TPSA) is 62.1 Å². The van der Waals surface area contributed by atoms with Crippen molar-refractivity contribution in [2.24, 2.45) is 17.0 Å². The summed E-state index contributed by atoms with van der Waals surface area (Å²) in [4.78, 5) is 14.3. The normalized spacial score (nSPS) is 35.1. The summed E-state index contributed by atoms with van der Waals surface area (Å²) in [5, 5.41) is 12.3. The summed E-state index contributed by atoms with van der Waals surface area (Å²) < 4.78 is 5.46. The second-order valence-corrected chi connectivity index (χ2v) is 5.20. The van der Waals surface area contributed by atoms with Gasteiger partial charge in [-0.2, -0.15) is 0 Å². The zero-order valence-corrected chi connectivity index (χ0v) is 11.1. The average molecular weight is 254 g/mol. The van der Waals surface area contributed by atoms with Crippen LogP contribution in [0.5, 0.6) is 0 Å². The summed E-state index contributed by atoms with van der Waals surface area (Å²) in [5.41, 5.74) is 0.831. The van der Waals surface area contributed by atoms with Gasteiger partial charge in [0, 0.05) is 32.0 Å². The number of rotatable bonds is 2. The molecule has 1 N–H and O–H groups in total. The van der Waals surface area contributed by atoms with Crippen LogP contribution in [-0.2, 0) is 9.53 Å². The molecule has 2 rings (SSSR count). The largest absolute Gasteiger partial charge is 0.411 e. The van der Waals surface area contributed by atoms with Crippen LogP contribution in [0.15, 0.2) is 5.16 Å². The molecule has 2 aliphatic rings. The Morgan fingerprint density at radius 1 is 1.61 bits per heavy atom. The number of nitrogens with zero attached hydrogens (tertiary/aromatic N) is 2. The Balaban J connectivity index is 2.00. The molecule has 0 radical (unpaired) electrons. The Bertz CT molecular complexity index is 343. The van der Waals surface area contributed by atoms with Gasteiger partial charge in [-0.1, -0.05) is 12.1 Å². The van der Waals surface area contributed by atoms with E-state index >= 15 is 0 Å². The number of hydrogen-bond donors (Lipinski definition) is 1. The first kappa shape index (κ1) is 13.3. The smallest absolute Gasteiger partial charge is 0.228 e. The number of likely N-dealkylation sites (tertiary alicyclic amines) is 1. The van der Waals surface area contributed by atoms with Crippen LogP contribution < -0.4 is 0 Å². The fourth-order valence-corrected chi connectivity index (χ4v) is 2.90. The van der Waals surface area contributed by atoms with Crippen LogP contribution in [-0.4, -0.2) is 47.5 Å². The third-order valence-electron chi connectivity index (χ3n) is 4.18. The fraction of sp³-hybridized carbons (Fsp3) is 0.846. The van der Waals surface area contributed by atoms with E-state index in [-0.39, 0.29) is 23.8 Å². The van der Waals surface area contributed by atoms with Crippen molar-refractivity contribution in [2.75, 3.05) is 19.7 Å². The zero-order valence-electron chi connectivity index (χ0n) is 11.1. The van der Waals surface area contributed by atoms with Gasteiger partial charge in [0.05, 0.1) is 17.7 Å². The SMILES string of the molecule is CCC1CN(C(=O)C2CCOC2C)CCC1=NO. The molecule has 0 aliphatic carbocycles. The van der Waals surface area contributed by atoms with Gasteiger partial charge >= 0.3 is 0 Å². The lowest BCUT2D eigenvalue weighted by molar-refractivity contribution is -0.137. The van der Waals surface area contributed by atoms with E-state index < -0.39 is 0 Å². The molecule has 3 unspecified atom stereocenters. The number of oxime groups is 1. The van der Waals surface area contributed by atoms with Crippen LogP contribution in [0, 0.1) is 11.8 Å². The molecule has 2 aliphatic heterocycles. The third-order valence-corrected chi connectivity index (χ3v) is 4.18. The van der Waals surface area contributed by atoms with E-state index in [0.717, 1.165) is 18.6 Å². The molecule has 0 aromatic carbocycles. The minimum Gasteiger partial charge on any atom is -0.411 e. The van der Waals surface area contributed by atoms with E-state index in [1.807, 2.05) is 11.8 Å². The molecule has 102 valence electrons. The standard InChI is InChI=1S/C13H22N2O3/c1-3-10-8-15(6-4-12(10)14-17)13(16)11-5-7-18-9(11)2/h9-11,17H,3-8H2,1-2H3. The highest BCUT2D eigenvalue weighted by Gasteiger charge is 2.36. The molecule has 2 fully saturated rings. The molecule has 1 amide bonds. The van der Waals surface area contributed by atoms with Crippen molar-refractivity contribution in [3.05, 3.63) is 0 Å². The van der Waals surface area contributed by atoms with Gasteiger partial charge in [0.2, 0.25) is 5.91 Å². The van der Waals surface area contributed by atoms with Crippen LogP contribution in [0.25, 0.3) is 0 Å². The number of amides is 1. The van der Waals surface area contributed by atoms with Crippen molar-refractivity contribution in [3.8, 4) is 0 Å². The number of carbonyl (C=O) groups is 1. The first-order valence-electron chi connectivity index (χ1n) is 6.78. The van der Waals surface area contributed by atoms with Crippen molar-refractivity contribution in [3.63, 3.8) is 0 Å². The van der Waals surface area contributed by atoms with Crippen molar-refractivity contribution < 1.29 is 14.7 Å². The molecule has 18 heavy (non-hydrogen) atoms. The Hall–Kier alpha value is -1.10. The van der Waals surface area contributed by atoms with Gasteiger partial charge in [0.15, 0.2) is 0 Å². The summed E-state index contributed by atoms with van der Waals surface area (Å²) in [5.74, 6) is 0.413. The van der Waals surface area contributed by atoms with Crippen molar-refractivity contribution >= 4 is 11.6 Å². The molecule has 0 spiro atoms. The van der Waals surface area contributed by atoms with Gasteiger partial charge in [-0.25, -0.2) is 0 Å². The molecule has 2 heterocycles. The molecular weight excluding hydrogens is 232 g/mol. The van der Waals surface area contributed by atoms with Crippen LogP contribution in [0.3, 0.4) is 0 Å². The van der Waals surface area contributed by atoms with E-state index in [0.29, 0.717) is 26.1 Å². The highest BCUT2D eigenvalue weighted by molar-refractivity contribution is 5.89. The first-order valence-corrected chi connectivity index (χ1v) is 6.78. The molecule has 3 atom stereocenters. The number of piperidine rings is 1. The van der Waals surface area contributed by atoms with Gasteiger partial charge in [-0.3, -0.25) is 4.79 Å². The summed E-state index contributed by atoms with van der Waals surface area (Å²) in [6, 6.07) is 0. The highest BCUT2D eigenvalue weighted by Crippen LogP contribution is 2.25. The monoisotopic (exact) mass is 254 g/mol. The van der Waals surface area contributed by atoms with Gasteiger partial charge in [0.1, 0.15) is 0 Å². The van der Waals surface area contributed by atoms with E-state index in [1.54, 1.807) is 0 Å². The Labute approximate surface area is 108 Å². The van der Waals surface area contributed by atoms with E-state index in [9.17, 15) is 4.79 Å². The van der Waals surface area contributed by atoms with E-state index in [1.165, 1.54) is 0 Å². The Morgan fingerprint density at radius 3 is 2.94 bits per heavy atom. The lowest BCUT2D eigenvalue weighted by atomic mass is 9.91. The molecule has 0 aromatic rings. The summed E-state index contributed by atoms with van der Waals surface area (Å²) >= 11 is 0. The maximum Gasteiger partial charge on any atom is 0.228 e. The summed E-state index contributed by atoms with van der Waals surface area (Å²) in [6.07, 6.45) is 2.45. The lowest BCUT2D eigenvalue weighted by Crippen LogP contribution is -2.47. The van der Waals surface area contributed by atoms with Crippen LogP contribution in [0.4, 0.5) is 0 Å². The Kier molecular flexibility index (Phi) is 4.22. The van der Waals surface area contributed by atoms with Crippen molar-refractivity contribution in [1.29, 1.82) is 0 Å². The quantitative estimate of drug-likeness (QED) is 0.600. The molecule has 0 aromatic heterocycles. The van der Waals surface area contributed by atoms with Crippen LogP contribution in [0.2, 0.25) is 0 Å². The molecule has 5 nitrogen and oxygen atoms in total. The van der Waals surface area contributed by atoms with Crippen LogP contribution >= 0.6 is 0 Å². The minimum absolute atomic E-state index is 0.00937. The molecular formula is C13H22N2O3. The summed E-state index contributed by atoms with van der Waals surface area (Å²) in [6.45, 7) is 6.06.